The van der Waals surface area contributed by atoms with E-state index in [4.69, 9.17) is 24.7 Å². The number of carbonyl (C=O) groups excluding carboxylic acids is 1. The van der Waals surface area contributed by atoms with E-state index in [1.54, 1.807) is 4.90 Å². The SMILES string of the molecule is C=c1nc2c(c(=O)[nH]1)=Nc1cc(C)c(C)cc1N2CC(=O)NCCCP(=O)(O)O.C=c1nc2c(c(=O)[nH]1)=Nc1cc(C)c(C)cc1N2CCOCCCC(=O)O.C=c1nc2c(c(=O)[nH]1)=Nc1ccc(C)cc1N2CCCCCCC(=O)O. The summed E-state index contributed by atoms with van der Waals surface area (Å²) in [5.74, 6) is -0.750. The fourth-order valence-corrected chi connectivity index (χ4v) is 9.58. The van der Waals surface area contributed by atoms with Crippen LogP contribution in [0.3, 0.4) is 0 Å². The highest BCUT2D eigenvalue weighted by molar-refractivity contribution is 7.51. The zero-order chi connectivity index (χ0) is 59.6. The highest BCUT2D eigenvalue weighted by Crippen LogP contribution is 2.39. The number of nitrogens with zero attached hydrogens (tertiary/aromatic N) is 9. The predicted molar refractivity (Wildman–Crippen MR) is 309 cm³/mol. The highest BCUT2D eigenvalue weighted by atomic mass is 31.2. The molecule has 0 atom stereocenters. The number of aromatic nitrogens is 6. The van der Waals surface area contributed by atoms with E-state index in [0.29, 0.717) is 78.7 Å². The standard InChI is InChI=1S/C19H22N4O4.C19H22N4O3.C18H22N5O5P/c1-11-9-14-15(10-12(11)2)23(6-8-27-7-4-5-16(24)25)18-17(22-14)19(26)21-13(3)20-18;1-12-8-9-14-15(11-12)23(10-6-4-3-5-7-16(24)25)18-17(22-14)19(26)21-13(2)20-18;1-10-7-13-14(8-11(10)2)23(9-15(24)19-5-4-6-29(26,27)28)17-16(22-13)18(25)21-12(3)20-17/h9-10H,3-8H2,1-2H3,(H,21,26)(H,24,25);8-9,11H,2-7,10H2,1H3,(H,21,26)(H,24,25);7-8H,3-6,9H2,1-2H3,(H,19,24)(H,21,25)(H2,26,27,28). The quantitative estimate of drug-likeness (QED) is 0.0402. The van der Waals surface area contributed by atoms with Crippen LogP contribution in [0.4, 0.5) is 51.6 Å². The van der Waals surface area contributed by atoms with Gasteiger partial charge in [0.15, 0.2) is 33.5 Å². The fourth-order valence-electron chi connectivity index (χ4n) is 9.01. The van der Waals surface area contributed by atoms with Crippen molar-refractivity contribution in [2.45, 2.75) is 86.0 Å². The lowest BCUT2D eigenvalue weighted by molar-refractivity contribution is -0.138. The van der Waals surface area contributed by atoms with E-state index < -0.39 is 25.1 Å². The molecule has 432 valence electrons. The lowest BCUT2D eigenvalue weighted by atomic mass is 10.1. The summed E-state index contributed by atoms with van der Waals surface area (Å²) in [5, 5.41) is 20.7. The van der Waals surface area contributed by atoms with Gasteiger partial charge in [0.1, 0.15) is 23.0 Å². The molecule has 0 aliphatic carbocycles. The summed E-state index contributed by atoms with van der Waals surface area (Å²) in [6, 6.07) is 13.6. The Morgan fingerprint density at radius 2 is 1.02 bits per heavy atom. The van der Waals surface area contributed by atoms with E-state index >= 15 is 0 Å². The summed E-state index contributed by atoms with van der Waals surface area (Å²) in [4.78, 5) is 128. The third kappa shape index (κ3) is 15.6. The molecule has 3 aliphatic heterocycles. The van der Waals surface area contributed by atoms with Crippen molar-refractivity contribution in [1.82, 2.24) is 35.2 Å². The minimum atomic E-state index is -4.10. The number of carboxylic acid groups (broad SMARTS) is 2. The molecular formula is C56H66N13O12P. The number of ether oxygens (including phenoxy) is 1. The zero-order valence-corrected chi connectivity index (χ0v) is 47.2. The Morgan fingerprint density at radius 1 is 0.573 bits per heavy atom. The number of aromatic amines is 3. The molecule has 0 fully saturated rings. The summed E-state index contributed by atoms with van der Waals surface area (Å²) in [6.45, 7) is 22.9. The topological polar surface area (TPSA) is 355 Å². The van der Waals surface area contributed by atoms with E-state index in [1.165, 1.54) is 0 Å². The van der Waals surface area contributed by atoms with Gasteiger partial charge in [0.25, 0.3) is 16.7 Å². The van der Waals surface area contributed by atoms with Crippen LogP contribution in [-0.2, 0) is 23.7 Å². The first kappa shape index (κ1) is 60.9. The minimum Gasteiger partial charge on any atom is -0.481 e. The third-order valence-corrected chi connectivity index (χ3v) is 14.2. The van der Waals surface area contributed by atoms with Crippen molar-refractivity contribution >= 4 is 96.8 Å². The Bertz CT molecular complexity index is 4050. The first-order valence-corrected chi connectivity index (χ1v) is 28.2. The Labute approximate surface area is 469 Å². The third-order valence-electron chi connectivity index (χ3n) is 13.3. The van der Waals surface area contributed by atoms with E-state index in [2.05, 4.69) is 69.9 Å². The van der Waals surface area contributed by atoms with Gasteiger partial charge in [0, 0.05) is 39.1 Å². The van der Waals surface area contributed by atoms with Crippen molar-refractivity contribution < 1.29 is 43.7 Å². The van der Waals surface area contributed by atoms with Crippen LogP contribution >= 0.6 is 7.60 Å². The van der Waals surface area contributed by atoms with Crippen LogP contribution in [0.25, 0.3) is 19.7 Å². The number of benzene rings is 3. The maximum atomic E-state index is 12.5. The van der Waals surface area contributed by atoms with Gasteiger partial charge in [-0.05, 0) is 125 Å². The second-order valence-electron chi connectivity index (χ2n) is 19.9. The van der Waals surface area contributed by atoms with Crippen LogP contribution in [0.2, 0.25) is 0 Å². The number of nitrogens with one attached hydrogen (secondary N) is 4. The van der Waals surface area contributed by atoms with E-state index in [9.17, 15) is 33.3 Å². The first-order valence-electron chi connectivity index (χ1n) is 26.4. The summed E-state index contributed by atoms with van der Waals surface area (Å²) in [5.41, 5.74) is 9.40. The lowest BCUT2D eigenvalue weighted by Gasteiger charge is -2.28. The molecule has 0 bridgehead atoms. The number of amides is 1. The fraction of sp³-hybridized carbons (Fsp3) is 0.357. The monoisotopic (exact) mass is 1140 g/mol. The number of carboxylic acids is 2. The number of hydrogen-bond donors (Lipinski definition) is 8. The van der Waals surface area contributed by atoms with Crippen molar-refractivity contribution in [3.05, 3.63) is 134 Å². The maximum Gasteiger partial charge on any atom is 0.325 e. The second-order valence-corrected chi connectivity index (χ2v) is 21.7. The molecule has 0 radical (unpaired) electrons. The van der Waals surface area contributed by atoms with Gasteiger partial charge < -0.3 is 59.7 Å². The average molecular weight is 1140 g/mol. The molecule has 0 unspecified atom stereocenters. The molecule has 25 nitrogen and oxygen atoms in total. The van der Waals surface area contributed by atoms with Gasteiger partial charge in [-0.3, -0.25) is 33.3 Å². The van der Waals surface area contributed by atoms with Gasteiger partial charge in [-0.15, -0.1) is 0 Å². The summed E-state index contributed by atoms with van der Waals surface area (Å²) < 4.78 is 16.5. The number of aryl methyl sites for hydroxylation is 5. The van der Waals surface area contributed by atoms with Gasteiger partial charge in [0.05, 0.1) is 46.9 Å². The van der Waals surface area contributed by atoms with Crippen LogP contribution < -0.4 is 69.2 Å². The number of hydrogen-bond acceptors (Lipinski definition) is 17. The normalized spacial score (nSPS) is 12.5. The molecule has 3 aliphatic rings. The van der Waals surface area contributed by atoms with Gasteiger partial charge in [-0.1, -0.05) is 38.6 Å². The van der Waals surface area contributed by atoms with E-state index in [0.717, 1.165) is 64.1 Å². The second kappa shape index (κ2) is 26.7. The molecule has 6 heterocycles. The Hall–Kier alpha value is -8.77. The van der Waals surface area contributed by atoms with Gasteiger partial charge >= 0.3 is 19.5 Å². The number of rotatable bonds is 20. The Morgan fingerprint density at radius 3 is 1.55 bits per heavy atom. The number of H-pyrrole nitrogens is 3. The smallest absolute Gasteiger partial charge is 0.325 e. The molecule has 82 heavy (non-hydrogen) atoms. The van der Waals surface area contributed by atoms with Gasteiger partial charge in [-0.25, -0.2) is 29.9 Å². The number of fused-ring (bicyclic) bond motifs is 6. The molecule has 0 saturated carbocycles. The van der Waals surface area contributed by atoms with Crippen molar-refractivity contribution in [1.29, 1.82) is 0 Å². The number of unbranched alkanes of at least 4 members (excludes halogenated alkanes) is 3. The largest absolute Gasteiger partial charge is 0.481 e. The van der Waals surface area contributed by atoms with E-state index in [1.807, 2.05) is 86.9 Å². The number of anilines is 6. The van der Waals surface area contributed by atoms with Crippen molar-refractivity contribution in [3.8, 4) is 0 Å². The summed E-state index contributed by atoms with van der Waals surface area (Å²) in [6.07, 6.45) is 3.91. The lowest BCUT2D eigenvalue weighted by Crippen LogP contribution is -2.45. The molecule has 26 heteroatoms. The predicted octanol–water partition coefficient (Wildman–Crippen LogP) is 2.89. The Balaban J connectivity index is 0.000000177. The molecule has 1 amide bonds. The van der Waals surface area contributed by atoms with Crippen LogP contribution in [0.15, 0.2) is 71.8 Å². The highest BCUT2D eigenvalue weighted by Gasteiger charge is 2.27. The van der Waals surface area contributed by atoms with Gasteiger partial charge in [-0.2, -0.15) is 0 Å². The number of carbonyl (C=O) groups is 3. The molecule has 3 aromatic heterocycles. The molecule has 6 aromatic rings. The average Bonchev–Trinajstić information content (AvgIpc) is 2.29. The minimum absolute atomic E-state index is 0.0779. The summed E-state index contributed by atoms with van der Waals surface area (Å²) >= 11 is 0. The summed E-state index contributed by atoms with van der Waals surface area (Å²) in [7, 11) is -4.10. The van der Waals surface area contributed by atoms with Crippen molar-refractivity contribution in [2.75, 3.05) is 60.3 Å². The molecule has 8 N–H and O–H groups in total. The Kier molecular flexibility index (Phi) is 19.8. The molecule has 3 aromatic carbocycles. The van der Waals surface area contributed by atoms with Crippen LogP contribution in [0, 0.1) is 34.6 Å². The van der Waals surface area contributed by atoms with Crippen molar-refractivity contribution in [3.63, 3.8) is 0 Å². The maximum absolute atomic E-state index is 12.5. The van der Waals surface area contributed by atoms with Crippen LogP contribution in [0.1, 0.15) is 79.2 Å². The number of aliphatic carboxylic acids is 2. The zero-order valence-electron chi connectivity index (χ0n) is 46.3. The molecule has 9 rings (SSSR count). The molecular weight excluding hydrogens is 1080 g/mol. The molecule has 0 saturated heterocycles. The van der Waals surface area contributed by atoms with Crippen LogP contribution in [0.5, 0.6) is 0 Å². The van der Waals surface area contributed by atoms with E-state index in [-0.39, 0.29) is 83.0 Å². The van der Waals surface area contributed by atoms with Crippen molar-refractivity contribution in [2.24, 2.45) is 15.0 Å². The van der Waals surface area contributed by atoms with Crippen LogP contribution in [-0.4, -0.2) is 113 Å². The molecule has 0 spiro atoms. The first-order chi connectivity index (χ1) is 38.9. The van der Waals surface area contributed by atoms with Gasteiger partial charge in [0.2, 0.25) is 5.91 Å².